The first-order chi connectivity index (χ1) is 11.2. The highest BCUT2D eigenvalue weighted by atomic mass is 16.2. The van der Waals surface area contributed by atoms with E-state index in [0.717, 1.165) is 17.7 Å². The van der Waals surface area contributed by atoms with Crippen molar-refractivity contribution in [2.24, 2.45) is 17.8 Å². The van der Waals surface area contributed by atoms with E-state index >= 15 is 0 Å². The van der Waals surface area contributed by atoms with Gasteiger partial charge in [-0.3, -0.25) is 9.59 Å². The zero-order chi connectivity index (χ0) is 17.9. The van der Waals surface area contributed by atoms with Crippen LogP contribution in [0.5, 0.6) is 0 Å². The van der Waals surface area contributed by atoms with E-state index in [0.29, 0.717) is 18.9 Å². The number of para-hydroxylation sites is 1. The molecular weight excluding hydrogens is 300 g/mol. The lowest BCUT2D eigenvalue weighted by Crippen LogP contribution is -2.29. The molecule has 1 aromatic rings. The maximum atomic E-state index is 12.5. The molecule has 1 aliphatic carbocycles. The molecule has 0 saturated heterocycles. The van der Waals surface area contributed by atoms with Gasteiger partial charge >= 0.3 is 0 Å². The topological polar surface area (TPSA) is 58.2 Å². The zero-order valence-corrected chi connectivity index (χ0v) is 15.5. The number of rotatable bonds is 6. The van der Waals surface area contributed by atoms with Crippen molar-refractivity contribution in [3.05, 3.63) is 29.8 Å². The van der Waals surface area contributed by atoms with Gasteiger partial charge in [-0.2, -0.15) is 0 Å². The first-order valence-electron chi connectivity index (χ1n) is 8.88. The van der Waals surface area contributed by atoms with Crippen LogP contribution in [0.15, 0.2) is 24.3 Å². The van der Waals surface area contributed by atoms with E-state index in [1.165, 1.54) is 0 Å². The molecule has 1 aromatic carbocycles. The van der Waals surface area contributed by atoms with Crippen molar-refractivity contribution in [1.82, 2.24) is 5.32 Å². The molecule has 1 aliphatic rings. The van der Waals surface area contributed by atoms with E-state index in [1.54, 1.807) is 0 Å². The fraction of sp³-hybridized carbons (Fsp3) is 0.600. The highest BCUT2D eigenvalue weighted by Gasteiger charge is 2.48. The number of hydrogen-bond donors (Lipinski definition) is 2. The van der Waals surface area contributed by atoms with Crippen LogP contribution in [0.3, 0.4) is 0 Å². The SMILES string of the molecule is CC(C)CCNC(=O)C1CC1C(=O)Nc1ccccc1C(C)(C)C. The summed E-state index contributed by atoms with van der Waals surface area (Å²) in [4.78, 5) is 24.5. The van der Waals surface area contributed by atoms with E-state index in [4.69, 9.17) is 0 Å². The Morgan fingerprint density at radius 2 is 1.75 bits per heavy atom. The molecule has 4 heteroatoms. The van der Waals surface area contributed by atoms with Crippen molar-refractivity contribution < 1.29 is 9.59 Å². The molecule has 1 saturated carbocycles. The number of benzene rings is 1. The molecular formula is C20H30N2O2. The smallest absolute Gasteiger partial charge is 0.228 e. The minimum atomic E-state index is -0.197. The molecule has 0 spiro atoms. The Bertz CT molecular complexity index is 602. The van der Waals surface area contributed by atoms with Crippen molar-refractivity contribution in [3.63, 3.8) is 0 Å². The molecule has 2 atom stereocenters. The quantitative estimate of drug-likeness (QED) is 0.835. The average Bonchev–Trinajstić information content (AvgIpc) is 3.26. The highest BCUT2D eigenvalue weighted by Crippen LogP contribution is 2.40. The van der Waals surface area contributed by atoms with Gasteiger partial charge in [0, 0.05) is 12.2 Å². The van der Waals surface area contributed by atoms with E-state index in [2.05, 4.69) is 45.3 Å². The van der Waals surface area contributed by atoms with E-state index in [9.17, 15) is 9.59 Å². The lowest BCUT2D eigenvalue weighted by Gasteiger charge is -2.23. The van der Waals surface area contributed by atoms with Gasteiger partial charge in [0.1, 0.15) is 0 Å². The third kappa shape index (κ3) is 4.83. The fourth-order valence-electron chi connectivity index (χ4n) is 2.86. The summed E-state index contributed by atoms with van der Waals surface area (Å²) in [7, 11) is 0. The van der Waals surface area contributed by atoms with Crippen molar-refractivity contribution in [1.29, 1.82) is 0 Å². The second-order valence-electron chi connectivity index (χ2n) is 8.21. The number of nitrogens with one attached hydrogen (secondary N) is 2. The third-order valence-corrected chi connectivity index (χ3v) is 4.48. The highest BCUT2D eigenvalue weighted by molar-refractivity contribution is 6.00. The first kappa shape index (κ1) is 18.5. The number of carbonyl (C=O) groups excluding carboxylic acids is 2. The Kier molecular flexibility index (Phi) is 5.68. The molecule has 2 unspecified atom stereocenters. The summed E-state index contributed by atoms with van der Waals surface area (Å²) in [6.45, 7) is 11.3. The van der Waals surface area contributed by atoms with Gasteiger partial charge in [0.2, 0.25) is 11.8 Å². The molecule has 0 aromatic heterocycles. The van der Waals surface area contributed by atoms with Crippen LogP contribution >= 0.6 is 0 Å². The molecule has 1 fully saturated rings. The standard InChI is InChI=1S/C20H30N2O2/c1-13(2)10-11-21-18(23)14-12-15(14)19(24)22-17-9-7-6-8-16(17)20(3,4)5/h6-9,13-15H,10-12H2,1-5H3,(H,21,23)(H,22,24). The molecule has 24 heavy (non-hydrogen) atoms. The Morgan fingerprint density at radius 1 is 1.12 bits per heavy atom. The average molecular weight is 330 g/mol. The zero-order valence-electron chi connectivity index (χ0n) is 15.5. The number of amides is 2. The molecule has 132 valence electrons. The van der Waals surface area contributed by atoms with Crippen LogP contribution in [0, 0.1) is 17.8 Å². The summed E-state index contributed by atoms with van der Waals surface area (Å²) < 4.78 is 0. The number of anilines is 1. The lowest BCUT2D eigenvalue weighted by atomic mass is 9.86. The first-order valence-corrected chi connectivity index (χ1v) is 8.88. The van der Waals surface area contributed by atoms with Crippen LogP contribution in [-0.4, -0.2) is 18.4 Å². The summed E-state index contributed by atoms with van der Waals surface area (Å²) in [6, 6.07) is 7.88. The van der Waals surface area contributed by atoms with E-state index in [-0.39, 0.29) is 29.1 Å². The molecule has 2 rings (SSSR count). The largest absolute Gasteiger partial charge is 0.356 e. The predicted octanol–water partition coefficient (Wildman–Crippen LogP) is 3.72. The maximum Gasteiger partial charge on any atom is 0.228 e. The lowest BCUT2D eigenvalue weighted by molar-refractivity contribution is -0.125. The Hall–Kier alpha value is -1.84. The van der Waals surface area contributed by atoms with Crippen molar-refractivity contribution in [3.8, 4) is 0 Å². The van der Waals surface area contributed by atoms with Crippen LogP contribution in [-0.2, 0) is 15.0 Å². The Balaban J connectivity index is 1.90. The molecule has 4 nitrogen and oxygen atoms in total. The summed E-state index contributed by atoms with van der Waals surface area (Å²) in [6.07, 6.45) is 1.62. The van der Waals surface area contributed by atoms with Crippen molar-refractivity contribution >= 4 is 17.5 Å². The van der Waals surface area contributed by atoms with Crippen molar-refractivity contribution in [2.75, 3.05) is 11.9 Å². The molecule has 0 radical (unpaired) electrons. The number of hydrogen-bond acceptors (Lipinski definition) is 2. The van der Waals surface area contributed by atoms with Crippen LogP contribution < -0.4 is 10.6 Å². The van der Waals surface area contributed by atoms with Gasteiger partial charge in [0.15, 0.2) is 0 Å². The molecule has 0 bridgehead atoms. The van der Waals surface area contributed by atoms with Crippen LogP contribution in [0.25, 0.3) is 0 Å². The van der Waals surface area contributed by atoms with Gasteiger partial charge in [-0.15, -0.1) is 0 Å². The molecule has 2 amide bonds. The van der Waals surface area contributed by atoms with Gasteiger partial charge in [0.25, 0.3) is 0 Å². The van der Waals surface area contributed by atoms with E-state index in [1.807, 2.05) is 24.3 Å². The van der Waals surface area contributed by atoms with E-state index < -0.39 is 0 Å². The monoisotopic (exact) mass is 330 g/mol. The number of carbonyl (C=O) groups is 2. The van der Waals surface area contributed by atoms with Gasteiger partial charge in [-0.1, -0.05) is 52.8 Å². The van der Waals surface area contributed by atoms with Gasteiger partial charge < -0.3 is 10.6 Å². The molecule has 0 heterocycles. The summed E-state index contributed by atoms with van der Waals surface area (Å²) in [5.74, 6) is 0.171. The summed E-state index contributed by atoms with van der Waals surface area (Å²) in [5.41, 5.74) is 1.92. The molecule has 0 aliphatic heterocycles. The normalized spacial score (nSPS) is 19.9. The van der Waals surface area contributed by atoms with Crippen LogP contribution in [0.4, 0.5) is 5.69 Å². The fourth-order valence-corrected chi connectivity index (χ4v) is 2.86. The van der Waals surface area contributed by atoms with Gasteiger partial charge in [0.05, 0.1) is 11.8 Å². The summed E-state index contributed by atoms with van der Waals surface area (Å²) in [5, 5.41) is 5.96. The minimum Gasteiger partial charge on any atom is -0.356 e. The van der Waals surface area contributed by atoms with Crippen LogP contribution in [0.1, 0.15) is 53.0 Å². The third-order valence-electron chi connectivity index (χ3n) is 4.48. The maximum absolute atomic E-state index is 12.5. The molecule has 2 N–H and O–H groups in total. The van der Waals surface area contributed by atoms with Gasteiger partial charge in [-0.05, 0) is 35.8 Å². The minimum absolute atomic E-state index is 0.0138. The van der Waals surface area contributed by atoms with Gasteiger partial charge in [-0.25, -0.2) is 0 Å². The second kappa shape index (κ2) is 7.37. The predicted molar refractivity (Wildman–Crippen MR) is 97.8 cm³/mol. The van der Waals surface area contributed by atoms with Crippen LogP contribution in [0.2, 0.25) is 0 Å². The Labute approximate surface area is 145 Å². The Morgan fingerprint density at radius 3 is 2.38 bits per heavy atom. The van der Waals surface area contributed by atoms with Crippen molar-refractivity contribution in [2.45, 2.75) is 52.9 Å². The summed E-state index contributed by atoms with van der Waals surface area (Å²) >= 11 is 0. The second-order valence-corrected chi connectivity index (χ2v) is 8.21.